The zero-order chi connectivity index (χ0) is 23.8. The highest BCUT2D eigenvalue weighted by molar-refractivity contribution is 6.62. The van der Waals surface area contributed by atoms with Gasteiger partial charge in [0.1, 0.15) is 0 Å². The number of anilines is 2. The molecule has 0 bridgehead atoms. The van der Waals surface area contributed by atoms with Crippen LogP contribution in [-0.2, 0) is 9.31 Å². The quantitative estimate of drug-likeness (QED) is 0.675. The first-order valence-electron chi connectivity index (χ1n) is 12.2. The zero-order valence-electron chi connectivity index (χ0n) is 20.9. The molecule has 2 aromatic rings. The van der Waals surface area contributed by atoms with Gasteiger partial charge in [-0.2, -0.15) is 0 Å². The lowest BCUT2D eigenvalue weighted by molar-refractivity contribution is 0.00578. The molecule has 1 N–H and O–H groups in total. The van der Waals surface area contributed by atoms with Crippen LogP contribution in [0.5, 0.6) is 0 Å². The minimum Gasteiger partial charge on any atom is -0.399 e. The van der Waals surface area contributed by atoms with Crippen LogP contribution < -0.4 is 15.3 Å². The smallest absolute Gasteiger partial charge is 0.399 e. The first kappa shape index (κ1) is 24.1. The van der Waals surface area contributed by atoms with Crippen LogP contribution in [-0.4, -0.2) is 54.6 Å². The minimum absolute atomic E-state index is 0.211. The van der Waals surface area contributed by atoms with E-state index < -0.39 is 6.10 Å². The summed E-state index contributed by atoms with van der Waals surface area (Å²) in [4.78, 5) is 9.32. The molecule has 0 amide bonds. The van der Waals surface area contributed by atoms with Crippen LogP contribution >= 0.6 is 0 Å². The van der Waals surface area contributed by atoms with E-state index in [4.69, 9.17) is 9.31 Å². The molecule has 2 saturated heterocycles. The van der Waals surface area contributed by atoms with E-state index in [0.717, 1.165) is 49.4 Å². The van der Waals surface area contributed by atoms with Crippen LogP contribution in [0.3, 0.4) is 0 Å². The molecule has 2 aliphatic heterocycles. The monoisotopic (exact) mass is 451 g/mol. The maximum absolute atomic E-state index is 10.4. The fourth-order valence-electron chi connectivity index (χ4n) is 4.32. The van der Waals surface area contributed by atoms with Gasteiger partial charge in [-0.05, 0) is 63.3 Å². The van der Waals surface area contributed by atoms with E-state index in [9.17, 15) is 5.11 Å². The summed E-state index contributed by atoms with van der Waals surface area (Å²) in [6, 6.07) is 12.6. The normalized spacial score (nSPS) is 21.8. The van der Waals surface area contributed by atoms with Gasteiger partial charge in [-0.15, -0.1) is 0 Å². The van der Waals surface area contributed by atoms with E-state index in [0.29, 0.717) is 0 Å². The van der Waals surface area contributed by atoms with E-state index in [1.807, 2.05) is 12.3 Å². The Hall–Kier alpha value is -2.09. The molecule has 6 nitrogen and oxygen atoms in total. The molecular weight excluding hydrogens is 413 g/mol. The fraction of sp³-hybridized carbons (Fsp3) is 0.577. The molecule has 2 unspecified atom stereocenters. The Labute approximate surface area is 199 Å². The topological polar surface area (TPSA) is 58.1 Å². The van der Waals surface area contributed by atoms with E-state index in [1.54, 1.807) is 0 Å². The molecule has 7 heteroatoms. The van der Waals surface area contributed by atoms with Gasteiger partial charge in [-0.25, -0.2) is 0 Å². The highest BCUT2D eigenvalue weighted by Crippen LogP contribution is 2.36. The number of rotatable bonds is 6. The Morgan fingerprint density at radius 3 is 1.91 bits per heavy atom. The summed E-state index contributed by atoms with van der Waals surface area (Å²) in [6.07, 6.45) is 2.33. The standard InChI is InChI=1S/C26H38BN3O3/c1-7-19(2)24(31)23-13-12-22(18-28-23)30-16-14-29(15-17-30)21-10-8-20(9-11-21)27-32-25(3,4)26(5,6)33-27/h8-13,18-19,24,31H,7,14-17H2,1-6H3. The minimum atomic E-state index is -0.499. The zero-order valence-corrected chi connectivity index (χ0v) is 20.9. The lowest BCUT2D eigenvalue weighted by Gasteiger charge is -2.37. The Morgan fingerprint density at radius 2 is 1.42 bits per heavy atom. The van der Waals surface area contributed by atoms with Gasteiger partial charge in [0, 0.05) is 31.9 Å². The molecule has 4 rings (SSSR count). The summed E-state index contributed by atoms with van der Waals surface area (Å²) in [6.45, 7) is 16.3. The molecule has 0 aliphatic carbocycles. The lowest BCUT2D eigenvalue weighted by atomic mass is 9.79. The highest BCUT2D eigenvalue weighted by atomic mass is 16.7. The van der Waals surface area contributed by atoms with Gasteiger partial charge in [0.05, 0.1) is 34.9 Å². The third-order valence-electron chi connectivity index (χ3n) is 7.69. The first-order chi connectivity index (χ1) is 15.6. The van der Waals surface area contributed by atoms with Crippen molar-refractivity contribution in [3.8, 4) is 0 Å². The van der Waals surface area contributed by atoms with Crippen molar-refractivity contribution < 1.29 is 14.4 Å². The lowest BCUT2D eigenvalue weighted by Crippen LogP contribution is -2.46. The van der Waals surface area contributed by atoms with Gasteiger partial charge >= 0.3 is 7.12 Å². The van der Waals surface area contributed by atoms with Crippen molar-refractivity contribution in [2.75, 3.05) is 36.0 Å². The third kappa shape index (κ3) is 4.91. The number of hydrogen-bond acceptors (Lipinski definition) is 6. The summed E-state index contributed by atoms with van der Waals surface area (Å²) in [7, 11) is -0.324. The molecule has 2 atom stereocenters. The van der Waals surface area contributed by atoms with Gasteiger partial charge in [-0.1, -0.05) is 32.4 Å². The van der Waals surface area contributed by atoms with Crippen molar-refractivity contribution in [3.63, 3.8) is 0 Å². The molecule has 1 aromatic heterocycles. The van der Waals surface area contributed by atoms with Crippen molar-refractivity contribution >= 4 is 24.0 Å². The second-order valence-electron chi connectivity index (χ2n) is 10.4. The summed E-state index contributed by atoms with van der Waals surface area (Å²) >= 11 is 0. The molecule has 1 aromatic carbocycles. The average Bonchev–Trinajstić information content (AvgIpc) is 3.05. The van der Waals surface area contributed by atoms with Gasteiger partial charge in [0.25, 0.3) is 0 Å². The number of hydrogen-bond donors (Lipinski definition) is 1. The molecule has 33 heavy (non-hydrogen) atoms. The third-order valence-corrected chi connectivity index (χ3v) is 7.69. The molecular formula is C26H38BN3O3. The second kappa shape index (κ2) is 9.28. The van der Waals surface area contributed by atoms with Crippen LogP contribution in [0.2, 0.25) is 0 Å². The Kier molecular flexibility index (Phi) is 6.76. The van der Waals surface area contributed by atoms with Crippen LogP contribution in [0, 0.1) is 5.92 Å². The predicted octanol–water partition coefficient (Wildman–Crippen LogP) is 3.79. The number of aliphatic hydroxyl groups excluding tert-OH is 1. The van der Waals surface area contributed by atoms with E-state index >= 15 is 0 Å². The van der Waals surface area contributed by atoms with E-state index in [-0.39, 0.29) is 24.2 Å². The summed E-state index contributed by atoms with van der Waals surface area (Å²) < 4.78 is 12.4. The summed E-state index contributed by atoms with van der Waals surface area (Å²) in [5.74, 6) is 0.211. The van der Waals surface area contributed by atoms with Crippen LogP contribution in [0.25, 0.3) is 0 Å². The van der Waals surface area contributed by atoms with Gasteiger partial charge in [-0.3, -0.25) is 4.98 Å². The van der Waals surface area contributed by atoms with Gasteiger partial charge in [0.2, 0.25) is 0 Å². The summed E-state index contributed by atoms with van der Waals surface area (Å²) in [5.41, 5.74) is 3.50. The van der Waals surface area contributed by atoms with Crippen molar-refractivity contribution in [3.05, 3.63) is 48.3 Å². The maximum Gasteiger partial charge on any atom is 0.494 e. The Balaban J connectivity index is 1.34. The molecule has 0 spiro atoms. The van der Waals surface area contributed by atoms with Crippen LogP contribution in [0.4, 0.5) is 11.4 Å². The fourth-order valence-corrected chi connectivity index (χ4v) is 4.32. The average molecular weight is 451 g/mol. The SMILES string of the molecule is CCC(C)C(O)c1ccc(N2CCN(c3ccc(B4OC(C)(C)C(C)(C)O4)cc3)CC2)cn1. The first-order valence-corrected chi connectivity index (χ1v) is 12.2. The number of benzene rings is 1. The number of aromatic nitrogens is 1. The molecule has 178 valence electrons. The van der Waals surface area contributed by atoms with Crippen molar-refractivity contribution in [1.82, 2.24) is 4.98 Å². The van der Waals surface area contributed by atoms with Crippen molar-refractivity contribution in [2.45, 2.75) is 65.3 Å². The van der Waals surface area contributed by atoms with Crippen LogP contribution in [0.15, 0.2) is 42.6 Å². The van der Waals surface area contributed by atoms with Crippen molar-refractivity contribution in [1.29, 1.82) is 0 Å². The summed E-state index contributed by atoms with van der Waals surface area (Å²) in [5, 5.41) is 10.4. The predicted molar refractivity (Wildman–Crippen MR) is 135 cm³/mol. The highest BCUT2D eigenvalue weighted by Gasteiger charge is 2.51. The second-order valence-corrected chi connectivity index (χ2v) is 10.4. The Morgan fingerprint density at radius 1 is 0.909 bits per heavy atom. The largest absolute Gasteiger partial charge is 0.494 e. The number of pyridine rings is 1. The van der Waals surface area contributed by atoms with E-state index in [2.05, 4.69) is 86.7 Å². The van der Waals surface area contributed by atoms with Gasteiger partial charge in [0.15, 0.2) is 0 Å². The molecule has 2 fully saturated rings. The molecule has 0 saturated carbocycles. The molecule has 0 radical (unpaired) electrons. The molecule has 3 heterocycles. The number of nitrogens with zero attached hydrogens (tertiary/aromatic N) is 3. The Bertz CT molecular complexity index is 909. The van der Waals surface area contributed by atoms with E-state index in [1.165, 1.54) is 5.69 Å². The maximum atomic E-state index is 10.4. The van der Waals surface area contributed by atoms with Crippen molar-refractivity contribution in [2.24, 2.45) is 5.92 Å². The van der Waals surface area contributed by atoms with Crippen LogP contribution in [0.1, 0.15) is 59.8 Å². The van der Waals surface area contributed by atoms with Gasteiger partial charge < -0.3 is 24.2 Å². The number of aliphatic hydroxyl groups is 1. The number of piperazine rings is 1. The molecule has 2 aliphatic rings.